The second-order valence-corrected chi connectivity index (χ2v) is 4.54. The first-order chi connectivity index (χ1) is 9.96. The summed E-state index contributed by atoms with van der Waals surface area (Å²) in [5, 5.41) is 11.5. The highest BCUT2D eigenvalue weighted by Gasteiger charge is 2.39. The normalized spacial score (nSPS) is 20.1. The van der Waals surface area contributed by atoms with Crippen LogP contribution in [0.2, 0.25) is 0 Å². The molecule has 2 rings (SSSR count). The molecule has 0 radical (unpaired) electrons. The maximum Gasteiger partial charge on any atom is 0.387 e. The summed E-state index contributed by atoms with van der Waals surface area (Å²) in [6.07, 6.45) is -0.940. The zero-order valence-corrected chi connectivity index (χ0v) is 11.1. The van der Waals surface area contributed by atoms with Gasteiger partial charge in [0.2, 0.25) is 0 Å². The van der Waals surface area contributed by atoms with E-state index in [1.165, 1.54) is 13.2 Å². The molecule has 0 bridgehead atoms. The number of hydrogen-bond donors (Lipinski definition) is 2. The zero-order valence-electron chi connectivity index (χ0n) is 11.1. The molecule has 1 aromatic rings. The number of ether oxygens (including phenoxy) is 2. The molecule has 2 atom stereocenters. The second-order valence-electron chi connectivity index (χ2n) is 4.54. The summed E-state index contributed by atoms with van der Waals surface area (Å²) in [4.78, 5) is 12.1. The van der Waals surface area contributed by atoms with E-state index in [2.05, 4.69) is 10.1 Å². The minimum absolute atomic E-state index is 0.0363. The van der Waals surface area contributed by atoms with Crippen LogP contribution < -0.4 is 20.3 Å². The first-order valence-electron chi connectivity index (χ1n) is 6.17. The average molecular weight is 303 g/mol. The van der Waals surface area contributed by atoms with E-state index in [9.17, 15) is 18.0 Å². The van der Waals surface area contributed by atoms with Crippen LogP contribution in [0, 0.1) is 0 Å². The fourth-order valence-electron chi connectivity index (χ4n) is 1.86. The Morgan fingerprint density at radius 3 is 2.57 bits per heavy atom. The number of alkyl halides is 3. The minimum Gasteiger partial charge on any atom is -0.496 e. The number of carbonyl (C=O) groups excluding carboxylic acids is 1. The molecule has 9 heteroatoms. The Morgan fingerprint density at radius 1 is 1.48 bits per heavy atom. The van der Waals surface area contributed by atoms with E-state index in [1.54, 1.807) is 0 Å². The van der Waals surface area contributed by atoms with Crippen molar-refractivity contribution in [3.05, 3.63) is 17.7 Å². The number of methoxy groups -OCH3 is 1. The lowest BCUT2D eigenvalue weighted by molar-refractivity contribution is -0.0502. The molecule has 1 saturated carbocycles. The van der Waals surface area contributed by atoms with Crippen LogP contribution in [0.1, 0.15) is 16.8 Å². The maximum absolute atomic E-state index is 12.8. The summed E-state index contributed by atoms with van der Waals surface area (Å²) in [5.41, 5.74) is -0.0112. The Bertz CT molecular complexity index is 543. The summed E-state index contributed by atoms with van der Waals surface area (Å²) < 4.78 is 47.0. The van der Waals surface area contributed by atoms with Crippen molar-refractivity contribution in [1.82, 2.24) is 5.32 Å². The van der Waals surface area contributed by atoms with E-state index < -0.39 is 38.0 Å². The van der Waals surface area contributed by atoms with Crippen molar-refractivity contribution < 1.29 is 32.5 Å². The van der Waals surface area contributed by atoms with Crippen molar-refractivity contribution >= 4 is 18.9 Å². The third-order valence-electron chi connectivity index (χ3n) is 3.00. The zero-order chi connectivity index (χ0) is 15.6. The molecular formula is C12H13BF3NO4. The SMILES string of the molecule is COc1cc(BO)cc(OC(F)F)c1C(=O)N[C@@H]1C[C@@H]1F. The predicted octanol–water partition coefficient (Wildman–Crippen LogP) is 0.106. The molecule has 2 N–H and O–H groups in total. The van der Waals surface area contributed by atoms with E-state index >= 15 is 0 Å². The average Bonchev–Trinajstić information content (AvgIpc) is 3.11. The lowest BCUT2D eigenvalue weighted by atomic mass is 9.87. The van der Waals surface area contributed by atoms with Gasteiger partial charge in [-0.05, 0) is 17.6 Å². The molecule has 0 saturated heterocycles. The molecule has 1 aromatic carbocycles. The Labute approximate surface area is 119 Å². The Hall–Kier alpha value is -1.90. The molecule has 0 unspecified atom stereocenters. The van der Waals surface area contributed by atoms with Crippen LogP contribution in [-0.2, 0) is 0 Å². The summed E-state index contributed by atoms with van der Waals surface area (Å²) in [5.74, 6) is -1.23. The number of amides is 1. The molecule has 1 amide bonds. The molecule has 114 valence electrons. The monoisotopic (exact) mass is 303 g/mol. The highest BCUT2D eigenvalue weighted by Crippen LogP contribution is 2.31. The molecule has 1 aliphatic carbocycles. The van der Waals surface area contributed by atoms with E-state index in [0.29, 0.717) is 0 Å². The van der Waals surface area contributed by atoms with Gasteiger partial charge in [-0.3, -0.25) is 4.79 Å². The number of nitrogens with one attached hydrogen (secondary N) is 1. The Morgan fingerprint density at radius 2 is 2.10 bits per heavy atom. The van der Waals surface area contributed by atoms with Crippen LogP contribution in [0.3, 0.4) is 0 Å². The highest BCUT2D eigenvalue weighted by atomic mass is 19.3. The van der Waals surface area contributed by atoms with Crippen molar-refractivity contribution in [2.75, 3.05) is 7.11 Å². The second kappa shape index (κ2) is 6.25. The maximum atomic E-state index is 12.8. The summed E-state index contributed by atoms with van der Waals surface area (Å²) in [7, 11) is 0.807. The largest absolute Gasteiger partial charge is 0.496 e. The fourth-order valence-corrected chi connectivity index (χ4v) is 1.86. The molecular weight excluding hydrogens is 290 g/mol. The van der Waals surface area contributed by atoms with Crippen LogP contribution >= 0.6 is 0 Å². The fraction of sp³-hybridized carbons (Fsp3) is 0.417. The van der Waals surface area contributed by atoms with E-state index in [-0.39, 0.29) is 23.2 Å². The molecule has 21 heavy (non-hydrogen) atoms. The van der Waals surface area contributed by atoms with Gasteiger partial charge in [0.15, 0.2) is 0 Å². The molecule has 0 aromatic heterocycles. The van der Waals surface area contributed by atoms with Gasteiger partial charge in [-0.15, -0.1) is 0 Å². The van der Waals surface area contributed by atoms with Crippen LogP contribution in [-0.4, -0.2) is 44.3 Å². The van der Waals surface area contributed by atoms with Crippen molar-refractivity contribution in [3.63, 3.8) is 0 Å². The molecule has 5 nitrogen and oxygen atoms in total. The van der Waals surface area contributed by atoms with Gasteiger partial charge in [-0.25, -0.2) is 4.39 Å². The van der Waals surface area contributed by atoms with Crippen molar-refractivity contribution in [3.8, 4) is 11.5 Å². The van der Waals surface area contributed by atoms with Crippen LogP contribution in [0.4, 0.5) is 13.2 Å². The van der Waals surface area contributed by atoms with Gasteiger partial charge in [0.05, 0.1) is 13.2 Å². The molecule has 0 heterocycles. The van der Waals surface area contributed by atoms with Crippen LogP contribution in [0.25, 0.3) is 0 Å². The van der Waals surface area contributed by atoms with E-state index in [4.69, 9.17) is 9.76 Å². The predicted molar refractivity (Wildman–Crippen MR) is 69.4 cm³/mol. The number of benzene rings is 1. The Balaban J connectivity index is 2.36. The van der Waals surface area contributed by atoms with E-state index in [0.717, 1.165) is 6.07 Å². The van der Waals surface area contributed by atoms with Crippen LogP contribution in [0.15, 0.2) is 12.1 Å². The highest BCUT2D eigenvalue weighted by molar-refractivity contribution is 6.45. The molecule has 0 spiro atoms. The van der Waals surface area contributed by atoms with Crippen molar-refractivity contribution in [1.29, 1.82) is 0 Å². The van der Waals surface area contributed by atoms with Gasteiger partial charge >= 0.3 is 14.1 Å². The number of rotatable bonds is 6. The van der Waals surface area contributed by atoms with Crippen molar-refractivity contribution in [2.24, 2.45) is 0 Å². The quantitative estimate of drug-likeness (QED) is 0.732. The standard InChI is InChI=1S/C12H13BF3NO4/c1-20-8-2-5(13-19)3-9(21-12(15)16)10(8)11(18)17-7-4-6(7)14/h2-3,6-7,12-13,19H,4H2,1H3,(H,17,18)/t6-,7+/m0/s1. The van der Waals surface area contributed by atoms with E-state index in [1.807, 2.05) is 0 Å². The number of halogens is 3. The molecule has 0 aliphatic heterocycles. The van der Waals surface area contributed by atoms with Gasteiger partial charge in [0, 0.05) is 6.42 Å². The summed E-state index contributed by atoms with van der Waals surface area (Å²) in [6, 6.07) is 1.82. The summed E-state index contributed by atoms with van der Waals surface area (Å²) >= 11 is 0. The number of carbonyl (C=O) groups is 1. The summed E-state index contributed by atoms with van der Waals surface area (Å²) in [6.45, 7) is -3.15. The Kier molecular flexibility index (Phi) is 4.61. The van der Waals surface area contributed by atoms with Gasteiger partial charge in [0.1, 0.15) is 23.2 Å². The smallest absolute Gasteiger partial charge is 0.387 e. The topological polar surface area (TPSA) is 67.8 Å². The lowest BCUT2D eigenvalue weighted by Crippen LogP contribution is -2.29. The number of hydrogen-bond acceptors (Lipinski definition) is 4. The van der Waals surface area contributed by atoms with Gasteiger partial charge in [0.25, 0.3) is 5.91 Å². The van der Waals surface area contributed by atoms with Gasteiger partial charge in [-0.1, -0.05) is 0 Å². The molecule has 1 fully saturated rings. The third-order valence-corrected chi connectivity index (χ3v) is 3.00. The van der Waals surface area contributed by atoms with Gasteiger partial charge in [-0.2, -0.15) is 8.78 Å². The minimum atomic E-state index is -3.15. The molecule has 1 aliphatic rings. The lowest BCUT2D eigenvalue weighted by Gasteiger charge is -2.15. The van der Waals surface area contributed by atoms with Crippen molar-refractivity contribution in [2.45, 2.75) is 25.2 Å². The van der Waals surface area contributed by atoms with Gasteiger partial charge < -0.3 is 19.8 Å². The van der Waals surface area contributed by atoms with Crippen LogP contribution in [0.5, 0.6) is 11.5 Å². The first kappa shape index (κ1) is 15.5. The third kappa shape index (κ3) is 3.60. The first-order valence-corrected chi connectivity index (χ1v) is 6.17.